The summed E-state index contributed by atoms with van der Waals surface area (Å²) in [6.45, 7) is 1.92. The largest absolute Gasteiger partial charge is 0.493 e. The molecule has 0 saturated heterocycles. The van der Waals surface area contributed by atoms with Crippen LogP contribution in [0.3, 0.4) is 0 Å². The summed E-state index contributed by atoms with van der Waals surface area (Å²) in [5.74, 6) is -0.0325. The molecule has 0 radical (unpaired) electrons. The Labute approximate surface area is 154 Å². The summed E-state index contributed by atoms with van der Waals surface area (Å²) >= 11 is 0. The molecule has 0 bridgehead atoms. The molecule has 7 heteroatoms. The molecule has 1 unspecified atom stereocenters. The number of methoxy groups -OCH3 is 1. The number of nitriles is 1. The number of nitrogens with one attached hydrogen (secondary N) is 2. The molecule has 2 aromatic heterocycles. The number of halogens is 1. The molecule has 0 fully saturated rings. The van der Waals surface area contributed by atoms with E-state index >= 15 is 0 Å². The molecule has 0 aliphatic heterocycles. The van der Waals surface area contributed by atoms with Crippen molar-refractivity contribution in [3.05, 3.63) is 58.8 Å². The average molecular weight is 363 g/mol. The Morgan fingerprint density at radius 2 is 2.19 bits per heavy atom. The van der Waals surface area contributed by atoms with Crippen LogP contribution in [0.5, 0.6) is 5.75 Å². The van der Waals surface area contributed by atoms with Gasteiger partial charge in [-0.15, -0.1) is 0 Å². The van der Waals surface area contributed by atoms with E-state index in [-0.39, 0.29) is 12.3 Å². The van der Waals surface area contributed by atoms with Gasteiger partial charge in [0.25, 0.3) is 0 Å². The van der Waals surface area contributed by atoms with Crippen molar-refractivity contribution in [1.29, 1.82) is 5.26 Å². The van der Waals surface area contributed by atoms with Gasteiger partial charge in [0, 0.05) is 29.3 Å². The number of rotatable bonds is 4. The zero-order valence-electron chi connectivity index (χ0n) is 14.9. The first-order valence-corrected chi connectivity index (χ1v) is 8.51. The minimum atomic E-state index is -0.413. The molecular formula is C20H18FN5O. The summed E-state index contributed by atoms with van der Waals surface area (Å²) < 4.78 is 20.4. The van der Waals surface area contributed by atoms with Gasteiger partial charge in [0.15, 0.2) is 11.6 Å². The van der Waals surface area contributed by atoms with E-state index in [9.17, 15) is 4.39 Å². The Morgan fingerprint density at radius 1 is 1.37 bits per heavy atom. The summed E-state index contributed by atoms with van der Waals surface area (Å²) in [6, 6.07) is 9.22. The number of hydrogen-bond acceptors (Lipinski definition) is 4. The molecule has 136 valence electrons. The van der Waals surface area contributed by atoms with E-state index in [4.69, 9.17) is 15.7 Å². The summed E-state index contributed by atoms with van der Waals surface area (Å²) in [5, 5.41) is 9.94. The van der Waals surface area contributed by atoms with E-state index in [0.29, 0.717) is 28.0 Å². The van der Waals surface area contributed by atoms with Crippen LogP contribution in [-0.2, 0) is 0 Å². The zero-order valence-corrected chi connectivity index (χ0v) is 14.9. The first kappa shape index (κ1) is 17.1. The highest BCUT2D eigenvalue weighted by Crippen LogP contribution is 2.40. The maximum Gasteiger partial charge on any atom is 0.170 e. The second-order valence-corrected chi connectivity index (χ2v) is 6.41. The van der Waals surface area contributed by atoms with Gasteiger partial charge in [-0.1, -0.05) is 0 Å². The number of fused-ring (bicyclic) bond motifs is 2. The Morgan fingerprint density at radius 3 is 2.89 bits per heavy atom. The zero-order chi connectivity index (χ0) is 19.1. The predicted molar refractivity (Wildman–Crippen MR) is 101 cm³/mol. The standard InChI is InChI=1S/C20H18FN5O/c1-10-17(21)19(27-2)16(12-5-6-24-18(10)12)13(9-23)20-25-14-4-3-11(8-22)7-15(14)26-20/h3-7,13,24H,9,23H2,1-2H3,(H,25,26). The van der Waals surface area contributed by atoms with Gasteiger partial charge in [0.2, 0.25) is 0 Å². The molecule has 2 heterocycles. The van der Waals surface area contributed by atoms with Crippen molar-refractivity contribution in [2.24, 2.45) is 5.73 Å². The molecule has 0 saturated carbocycles. The SMILES string of the molecule is COc1c(F)c(C)c2[nH]ccc2c1C(CN)c1nc2ccc(C#N)cc2[nH]1. The van der Waals surface area contributed by atoms with Gasteiger partial charge in [-0.3, -0.25) is 0 Å². The van der Waals surface area contributed by atoms with E-state index < -0.39 is 11.7 Å². The molecule has 4 N–H and O–H groups in total. The van der Waals surface area contributed by atoms with Gasteiger partial charge in [0.05, 0.1) is 41.2 Å². The number of nitrogens with zero attached hydrogens (tertiary/aromatic N) is 2. The molecule has 4 rings (SSSR count). The lowest BCUT2D eigenvalue weighted by molar-refractivity contribution is 0.379. The topological polar surface area (TPSA) is 104 Å². The van der Waals surface area contributed by atoms with Crippen molar-refractivity contribution >= 4 is 21.9 Å². The molecule has 0 aliphatic carbocycles. The number of imidazole rings is 1. The lowest BCUT2D eigenvalue weighted by Gasteiger charge is -2.19. The molecule has 4 aromatic rings. The molecule has 0 spiro atoms. The smallest absolute Gasteiger partial charge is 0.170 e. The lowest BCUT2D eigenvalue weighted by Crippen LogP contribution is -2.17. The van der Waals surface area contributed by atoms with Crippen molar-refractivity contribution < 1.29 is 9.13 Å². The summed E-state index contributed by atoms with van der Waals surface area (Å²) in [7, 11) is 1.45. The van der Waals surface area contributed by atoms with Gasteiger partial charge in [-0.2, -0.15) is 5.26 Å². The van der Waals surface area contributed by atoms with Crippen molar-refractivity contribution in [1.82, 2.24) is 15.0 Å². The fraction of sp³-hybridized carbons (Fsp3) is 0.200. The Bertz CT molecular complexity index is 1200. The minimum Gasteiger partial charge on any atom is -0.493 e. The van der Waals surface area contributed by atoms with Gasteiger partial charge < -0.3 is 20.4 Å². The Balaban J connectivity index is 1.97. The number of benzene rings is 2. The molecule has 0 amide bonds. The Hall–Kier alpha value is -3.37. The van der Waals surface area contributed by atoms with Crippen molar-refractivity contribution in [3.8, 4) is 11.8 Å². The molecular weight excluding hydrogens is 345 g/mol. The molecule has 6 nitrogen and oxygen atoms in total. The maximum absolute atomic E-state index is 14.9. The van der Waals surface area contributed by atoms with E-state index in [0.717, 1.165) is 16.4 Å². The van der Waals surface area contributed by atoms with E-state index in [1.54, 1.807) is 31.3 Å². The predicted octanol–water partition coefficient (Wildman–Crippen LogP) is 3.46. The van der Waals surface area contributed by atoms with Crippen molar-refractivity contribution in [2.75, 3.05) is 13.7 Å². The number of nitrogens with two attached hydrogens (primary N) is 1. The molecule has 27 heavy (non-hydrogen) atoms. The second kappa shape index (κ2) is 6.41. The third-order valence-electron chi connectivity index (χ3n) is 4.93. The van der Waals surface area contributed by atoms with E-state index in [1.807, 2.05) is 6.07 Å². The fourth-order valence-corrected chi connectivity index (χ4v) is 3.60. The van der Waals surface area contributed by atoms with Crippen LogP contribution >= 0.6 is 0 Å². The highest BCUT2D eigenvalue weighted by Gasteiger charge is 2.27. The fourth-order valence-electron chi connectivity index (χ4n) is 3.60. The average Bonchev–Trinajstić information content (AvgIpc) is 3.32. The second-order valence-electron chi connectivity index (χ2n) is 6.41. The van der Waals surface area contributed by atoms with Crippen LogP contribution in [-0.4, -0.2) is 28.6 Å². The number of H-pyrrole nitrogens is 2. The third-order valence-corrected chi connectivity index (χ3v) is 4.93. The minimum absolute atomic E-state index is 0.174. The molecule has 0 aliphatic rings. The van der Waals surface area contributed by atoms with Crippen LogP contribution in [0, 0.1) is 24.1 Å². The van der Waals surface area contributed by atoms with Crippen molar-refractivity contribution in [3.63, 3.8) is 0 Å². The van der Waals surface area contributed by atoms with E-state index in [1.165, 1.54) is 7.11 Å². The first-order chi connectivity index (χ1) is 13.1. The summed E-state index contributed by atoms with van der Waals surface area (Å²) in [4.78, 5) is 10.9. The highest BCUT2D eigenvalue weighted by molar-refractivity contribution is 5.89. The maximum atomic E-state index is 14.9. The van der Waals surface area contributed by atoms with Crippen LogP contribution in [0.2, 0.25) is 0 Å². The summed E-state index contributed by atoms with van der Waals surface area (Å²) in [6.07, 6.45) is 1.77. The number of aromatic amines is 2. The quantitative estimate of drug-likeness (QED) is 0.516. The van der Waals surface area contributed by atoms with E-state index in [2.05, 4.69) is 21.0 Å². The van der Waals surface area contributed by atoms with Gasteiger partial charge >= 0.3 is 0 Å². The van der Waals surface area contributed by atoms with Crippen LogP contribution in [0.1, 0.15) is 28.4 Å². The van der Waals surface area contributed by atoms with Crippen LogP contribution in [0.15, 0.2) is 30.5 Å². The van der Waals surface area contributed by atoms with Gasteiger partial charge in [-0.05, 0) is 31.2 Å². The Kier molecular flexibility index (Phi) is 4.05. The summed E-state index contributed by atoms with van der Waals surface area (Å²) in [5.41, 5.74) is 9.94. The highest BCUT2D eigenvalue weighted by atomic mass is 19.1. The van der Waals surface area contributed by atoms with Crippen molar-refractivity contribution in [2.45, 2.75) is 12.8 Å². The van der Waals surface area contributed by atoms with Crippen LogP contribution < -0.4 is 10.5 Å². The first-order valence-electron chi connectivity index (χ1n) is 8.51. The van der Waals surface area contributed by atoms with Gasteiger partial charge in [0.1, 0.15) is 5.82 Å². The normalized spacial score (nSPS) is 12.4. The van der Waals surface area contributed by atoms with Gasteiger partial charge in [-0.25, -0.2) is 9.37 Å². The number of hydrogen-bond donors (Lipinski definition) is 3. The number of ether oxygens (including phenoxy) is 1. The number of aryl methyl sites for hydroxylation is 1. The number of aromatic nitrogens is 3. The lowest BCUT2D eigenvalue weighted by atomic mass is 9.92. The molecule has 1 atom stereocenters. The molecule has 2 aromatic carbocycles. The third kappa shape index (κ3) is 2.54. The van der Waals surface area contributed by atoms with Crippen LogP contribution in [0.25, 0.3) is 21.9 Å². The van der Waals surface area contributed by atoms with Crippen LogP contribution in [0.4, 0.5) is 4.39 Å². The monoisotopic (exact) mass is 363 g/mol.